The van der Waals surface area contributed by atoms with Gasteiger partial charge in [-0.05, 0) is 45.6 Å². The van der Waals surface area contributed by atoms with Crippen LogP contribution in [-0.4, -0.2) is 87.8 Å². The monoisotopic (exact) mass is 462 g/mol. The first kappa shape index (κ1) is 25.4. The molecule has 0 spiro atoms. The number of nitrogens with zero attached hydrogens (tertiary/aromatic N) is 4. The predicted molar refractivity (Wildman–Crippen MR) is 133 cm³/mol. The number of anilines is 1. The zero-order valence-electron chi connectivity index (χ0n) is 20.6. The number of hydrogen-bond acceptors (Lipinski definition) is 6. The Morgan fingerprint density at radius 1 is 1.24 bits per heavy atom. The molecule has 2 radical (unpaired) electrons. The average molecular weight is 462 g/mol. The largest absolute Gasteiger partial charge is 0.492 e. The highest BCUT2D eigenvalue weighted by Gasteiger charge is 2.27. The van der Waals surface area contributed by atoms with Crippen LogP contribution in [0.3, 0.4) is 0 Å². The first-order valence-corrected chi connectivity index (χ1v) is 11.4. The number of amides is 1. The lowest BCUT2D eigenvalue weighted by Crippen LogP contribution is -2.52. The maximum atomic E-state index is 12.4. The molecule has 1 amide bonds. The second-order valence-corrected chi connectivity index (χ2v) is 9.12. The van der Waals surface area contributed by atoms with Crippen LogP contribution in [0.4, 0.5) is 10.5 Å². The minimum atomic E-state index is -0.526. The topological polar surface area (TPSA) is 74.7 Å². The van der Waals surface area contributed by atoms with Gasteiger partial charge >= 0.3 is 6.09 Å². The van der Waals surface area contributed by atoms with Crippen LogP contribution in [0, 0.1) is 0 Å². The summed E-state index contributed by atoms with van der Waals surface area (Å²) in [5.74, 6) is 1.36. The molecule has 8 nitrogen and oxygen atoms in total. The molecule has 1 saturated heterocycles. The number of aliphatic imine (C=N–C) groups is 1. The van der Waals surface area contributed by atoms with Crippen molar-refractivity contribution >= 4 is 37.2 Å². The highest BCUT2D eigenvalue weighted by atomic mass is 16.6. The van der Waals surface area contributed by atoms with E-state index < -0.39 is 5.60 Å². The summed E-state index contributed by atoms with van der Waals surface area (Å²) >= 11 is 0. The summed E-state index contributed by atoms with van der Waals surface area (Å²) in [6.45, 7) is 10.9. The second kappa shape index (κ2) is 10.8. The smallest absolute Gasteiger partial charge is 0.410 e. The number of carbonyl (C=O) groups is 2. The predicted octanol–water partition coefficient (Wildman–Crippen LogP) is 2.04. The maximum absolute atomic E-state index is 12.4. The Labute approximate surface area is 202 Å². The number of allylic oxidation sites excluding steroid dienone is 1. The zero-order chi connectivity index (χ0) is 24.9. The molecule has 1 heterocycles. The number of amidine groups is 1. The molecule has 0 N–H and O–H groups in total. The fraction of sp³-hybridized carbons (Fsp3) is 0.480. The van der Waals surface area contributed by atoms with Crippen molar-refractivity contribution in [1.82, 2.24) is 9.80 Å². The van der Waals surface area contributed by atoms with Crippen LogP contribution in [0.2, 0.25) is 0 Å². The molecule has 2 aliphatic rings. The van der Waals surface area contributed by atoms with Crippen LogP contribution in [0.1, 0.15) is 27.7 Å². The van der Waals surface area contributed by atoms with E-state index in [-0.39, 0.29) is 6.09 Å². The average Bonchev–Trinajstić information content (AvgIpc) is 2.75. The number of aldehydes is 1. The lowest BCUT2D eigenvalue weighted by atomic mass is 9.95. The third kappa shape index (κ3) is 6.42. The molecule has 0 aromatic heterocycles. The van der Waals surface area contributed by atoms with Gasteiger partial charge in [0.2, 0.25) is 0 Å². The van der Waals surface area contributed by atoms with Crippen LogP contribution in [0.25, 0.3) is 0 Å². The van der Waals surface area contributed by atoms with Crippen molar-refractivity contribution in [1.29, 1.82) is 0 Å². The van der Waals surface area contributed by atoms with Crippen molar-refractivity contribution in [2.45, 2.75) is 33.3 Å². The molecule has 1 fully saturated rings. The number of rotatable bonds is 7. The summed E-state index contributed by atoms with van der Waals surface area (Å²) < 4.78 is 11.3. The van der Waals surface area contributed by atoms with Gasteiger partial charge in [-0.15, -0.1) is 0 Å². The quantitative estimate of drug-likeness (QED) is 0.203. The van der Waals surface area contributed by atoms with Crippen molar-refractivity contribution in [3.8, 4) is 5.75 Å². The Bertz CT molecular complexity index is 1070. The molecule has 1 aromatic carbocycles. The fourth-order valence-corrected chi connectivity index (χ4v) is 3.54. The van der Waals surface area contributed by atoms with E-state index in [2.05, 4.69) is 16.4 Å². The number of benzene rings is 1. The number of likely N-dealkylation sites (N-methyl/N-ethyl adjacent to an activating group) is 1. The zero-order valence-corrected chi connectivity index (χ0v) is 20.6. The Morgan fingerprint density at radius 3 is 2.50 bits per heavy atom. The number of hydrogen-bond donors (Lipinski definition) is 0. The van der Waals surface area contributed by atoms with Gasteiger partial charge in [-0.2, -0.15) is 0 Å². The van der Waals surface area contributed by atoms with Gasteiger partial charge in [0.05, 0.1) is 24.4 Å². The molecule has 178 valence electrons. The van der Waals surface area contributed by atoms with Crippen LogP contribution in [0.5, 0.6) is 5.75 Å². The van der Waals surface area contributed by atoms with Crippen molar-refractivity contribution < 1.29 is 19.1 Å². The number of ether oxygens (including phenoxy) is 2. The third-order valence-corrected chi connectivity index (χ3v) is 5.35. The highest BCUT2D eigenvalue weighted by Crippen LogP contribution is 2.27. The lowest BCUT2D eigenvalue weighted by molar-refractivity contribution is -0.104. The Morgan fingerprint density at radius 2 is 1.94 bits per heavy atom. The molecule has 1 aromatic rings. The summed E-state index contributed by atoms with van der Waals surface area (Å²) in [4.78, 5) is 34.2. The van der Waals surface area contributed by atoms with Gasteiger partial charge in [-0.3, -0.25) is 9.69 Å². The third-order valence-electron chi connectivity index (χ3n) is 5.35. The molecular weight excluding hydrogens is 431 g/mol. The summed E-state index contributed by atoms with van der Waals surface area (Å²) in [5, 5.41) is 0. The molecule has 1 aliphatic carbocycles. The SMILES string of the molecule is [B]c1ccc(N(C)C(CN2CCN(C(=O)OC(C)(C)C)CC2)=NC2=C=C=C2C=O)c(OCC)c1. The first-order chi connectivity index (χ1) is 16.1. The molecular formula is C25H31BN4O4. The minimum absolute atomic E-state index is 0.299. The van der Waals surface area contributed by atoms with Crippen molar-refractivity contribution in [3.05, 3.63) is 40.9 Å². The normalized spacial score (nSPS) is 16.4. The molecule has 0 atom stereocenters. The maximum Gasteiger partial charge on any atom is 0.410 e. The Balaban J connectivity index is 1.77. The van der Waals surface area contributed by atoms with Gasteiger partial charge in [0.1, 0.15) is 30.7 Å². The van der Waals surface area contributed by atoms with Gasteiger partial charge in [0.15, 0.2) is 6.29 Å². The van der Waals surface area contributed by atoms with E-state index in [4.69, 9.17) is 22.3 Å². The molecule has 0 saturated carbocycles. The van der Waals surface area contributed by atoms with E-state index in [1.807, 2.05) is 51.8 Å². The Hall–Kier alpha value is -3.25. The molecule has 34 heavy (non-hydrogen) atoms. The van der Waals surface area contributed by atoms with Gasteiger partial charge < -0.3 is 19.3 Å². The Kier molecular flexibility index (Phi) is 8.05. The van der Waals surface area contributed by atoms with Gasteiger partial charge in [-0.1, -0.05) is 17.3 Å². The molecule has 0 bridgehead atoms. The van der Waals surface area contributed by atoms with Crippen molar-refractivity contribution in [3.63, 3.8) is 0 Å². The fourth-order valence-electron chi connectivity index (χ4n) is 3.54. The van der Waals surface area contributed by atoms with E-state index in [0.717, 1.165) is 12.0 Å². The molecule has 0 unspecified atom stereocenters. The van der Waals surface area contributed by atoms with E-state index >= 15 is 0 Å². The van der Waals surface area contributed by atoms with Crippen LogP contribution >= 0.6 is 0 Å². The van der Waals surface area contributed by atoms with E-state index in [1.165, 1.54) is 0 Å². The summed E-state index contributed by atoms with van der Waals surface area (Å²) in [7, 11) is 7.86. The standard InChI is InChI=1S/C25H31BN4O4/c1-6-33-22-15-19(26)8-10-21(22)28(5)23(27-20-9-7-18(20)17-31)16-29-11-13-30(14-12-29)24(32)34-25(2,3)4/h8,10,15,17H,6,11-14,16H2,1-5H3. The minimum Gasteiger partial charge on any atom is -0.492 e. The summed E-state index contributed by atoms with van der Waals surface area (Å²) in [6.07, 6.45) is 0.424. The van der Waals surface area contributed by atoms with Crippen molar-refractivity contribution in [2.75, 3.05) is 51.3 Å². The lowest BCUT2D eigenvalue weighted by Gasteiger charge is -2.36. The molecule has 1 aliphatic heterocycles. The van der Waals surface area contributed by atoms with E-state index in [9.17, 15) is 9.59 Å². The van der Waals surface area contributed by atoms with Gasteiger partial charge in [0, 0.05) is 33.2 Å². The van der Waals surface area contributed by atoms with E-state index in [1.54, 1.807) is 11.0 Å². The summed E-state index contributed by atoms with van der Waals surface area (Å²) in [6, 6.07) is 5.48. The summed E-state index contributed by atoms with van der Waals surface area (Å²) in [5.41, 5.74) is 7.34. The number of piperazine rings is 1. The van der Waals surface area contributed by atoms with E-state index in [0.29, 0.717) is 67.6 Å². The second-order valence-electron chi connectivity index (χ2n) is 9.12. The van der Waals surface area contributed by atoms with Gasteiger partial charge in [0.25, 0.3) is 0 Å². The molecule has 9 heteroatoms. The molecule has 3 rings (SSSR count). The van der Waals surface area contributed by atoms with Crippen LogP contribution in [0.15, 0.2) is 45.9 Å². The number of carbonyl (C=O) groups excluding carboxylic acids is 2. The van der Waals surface area contributed by atoms with Crippen LogP contribution in [-0.2, 0) is 9.53 Å². The van der Waals surface area contributed by atoms with Gasteiger partial charge in [-0.25, -0.2) is 9.79 Å². The van der Waals surface area contributed by atoms with Crippen molar-refractivity contribution in [2.24, 2.45) is 4.99 Å². The first-order valence-electron chi connectivity index (χ1n) is 11.4. The highest BCUT2D eigenvalue weighted by molar-refractivity contribution is 6.32. The van der Waals surface area contributed by atoms with Crippen LogP contribution < -0.4 is 15.1 Å².